The fourth-order valence-corrected chi connectivity index (χ4v) is 3.30. The molecule has 1 saturated carbocycles. The molecule has 0 bridgehead atoms. The van der Waals surface area contributed by atoms with E-state index in [4.69, 9.17) is 16.6 Å². The zero-order valence-corrected chi connectivity index (χ0v) is 13.7. The Labute approximate surface area is 132 Å². The van der Waals surface area contributed by atoms with E-state index in [1.54, 1.807) is 0 Å². The summed E-state index contributed by atoms with van der Waals surface area (Å²) in [6.45, 7) is 2.07. The Morgan fingerprint density at radius 3 is 2.60 bits per heavy atom. The molecule has 1 aliphatic rings. The number of halogens is 2. The smallest absolute Gasteiger partial charge is 0.161 e. The van der Waals surface area contributed by atoms with Crippen LogP contribution in [0.5, 0.6) is 0 Å². The SMILES string of the molecule is Cc1ccc(-c2nc(Cl)cc(C3CCCC3)n2)cc1Br. The van der Waals surface area contributed by atoms with E-state index < -0.39 is 0 Å². The van der Waals surface area contributed by atoms with Crippen molar-refractivity contribution in [3.05, 3.63) is 45.1 Å². The van der Waals surface area contributed by atoms with E-state index in [0.29, 0.717) is 11.1 Å². The van der Waals surface area contributed by atoms with Crippen molar-refractivity contribution in [2.24, 2.45) is 0 Å². The average Bonchev–Trinajstić information content (AvgIpc) is 2.95. The summed E-state index contributed by atoms with van der Waals surface area (Å²) in [5.74, 6) is 1.27. The van der Waals surface area contributed by atoms with E-state index in [9.17, 15) is 0 Å². The molecule has 3 rings (SSSR count). The maximum Gasteiger partial charge on any atom is 0.161 e. The molecule has 2 nitrogen and oxygen atoms in total. The molecule has 0 spiro atoms. The van der Waals surface area contributed by atoms with Crippen molar-refractivity contribution < 1.29 is 0 Å². The normalized spacial score (nSPS) is 15.8. The predicted molar refractivity (Wildman–Crippen MR) is 86.1 cm³/mol. The highest BCUT2D eigenvalue weighted by Gasteiger charge is 2.20. The molecule has 1 aliphatic carbocycles. The molecule has 0 saturated heterocycles. The van der Waals surface area contributed by atoms with Crippen LogP contribution in [0.3, 0.4) is 0 Å². The minimum Gasteiger partial charge on any atom is -0.233 e. The molecule has 1 aromatic carbocycles. The van der Waals surface area contributed by atoms with Gasteiger partial charge in [-0.1, -0.05) is 52.5 Å². The Bertz CT molecular complexity index is 636. The van der Waals surface area contributed by atoms with Gasteiger partial charge in [-0.3, -0.25) is 0 Å². The lowest BCUT2D eigenvalue weighted by Gasteiger charge is -2.11. The molecular weight excluding hydrogens is 336 g/mol. The lowest BCUT2D eigenvalue weighted by molar-refractivity contribution is 0.695. The molecule has 0 atom stereocenters. The molecule has 1 aromatic heterocycles. The summed E-state index contributed by atoms with van der Waals surface area (Å²) in [6, 6.07) is 8.09. The van der Waals surface area contributed by atoms with Crippen LogP contribution in [0.4, 0.5) is 0 Å². The minimum absolute atomic E-state index is 0.536. The molecule has 104 valence electrons. The summed E-state index contributed by atoms with van der Waals surface area (Å²) < 4.78 is 1.07. The Morgan fingerprint density at radius 2 is 1.90 bits per heavy atom. The zero-order chi connectivity index (χ0) is 14.1. The monoisotopic (exact) mass is 350 g/mol. The summed E-state index contributed by atoms with van der Waals surface area (Å²) in [5.41, 5.74) is 3.30. The second-order valence-corrected chi connectivity index (χ2v) is 6.63. The Morgan fingerprint density at radius 1 is 1.15 bits per heavy atom. The maximum absolute atomic E-state index is 6.19. The first kappa shape index (κ1) is 14.0. The summed E-state index contributed by atoms with van der Waals surface area (Å²) in [7, 11) is 0. The van der Waals surface area contributed by atoms with Crippen LogP contribution in [0.25, 0.3) is 11.4 Å². The molecular formula is C16H16BrClN2. The van der Waals surface area contributed by atoms with Gasteiger partial charge in [0.2, 0.25) is 0 Å². The lowest BCUT2D eigenvalue weighted by Crippen LogP contribution is -2.00. The summed E-state index contributed by atoms with van der Waals surface area (Å²) in [5, 5.41) is 0.536. The van der Waals surface area contributed by atoms with Gasteiger partial charge in [0.25, 0.3) is 0 Å². The minimum atomic E-state index is 0.536. The van der Waals surface area contributed by atoms with Crippen molar-refractivity contribution in [3.8, 4) is 11.4 Å². The molecule has 4 heteroatoms. The van der Waals surface area contributed by atoms with Crippen molar-refractivity contribution >= 4 is 27.5 Å². The Balaban J connectivity index is 2.02. The summed E-state index contributed by atoms with van der Waals surface area (Å²) in [6.07, 6.45) is 5.00. The maximum atomic E-state index is 6.19. The topological polar surface area (TPSA) is 25.8 Å². The lowest BCUT2D eigenvalue weighted by atomic mass is 10.0. The highest BCUT2D eigenvalue weighted by Crippen LogP contribution is 2.34. The van der Waals surface area contributed by atoms with Crippen molar-refractivity contribution in [1.29, 1.82) is 0 Å². The van der Waals surface area contributed by atoms with Crippen molar-refractivity contribution in [2.75, 3.05) is 0 Å². The Kier molecular flexibility index (Phi) is 4.08. The molecule has 1 fully saturated rings. The van der Waals surface area contributed by atoms with Crippen LogP contribution in [0.2, 0.25) is 5.15 Å². The number of rotatable bonds is 2. The van der Waals surface area contributed by atoms with Gasteiger partial charge in [-0.2, -0.15) is 0 Å². The molecule has 0 amide bonds. The third-order valence-electron chi connectivity index (χ3n) is 3.92. The second-order valence-electron chi connectivity index (χ2n) is 5.38. The van der Waals surface area contributed by atoms with E-state index in [2.05, 4.69) is 40.0 Å². The van der Waals surface area contributed by atoms with Gasteiger partial charge in [0.1, 0.15) is 5.15 Å². The van der Waals surface area contributed by atoms with Gasteiger partial charge in [-0.25, -0.2) is 9.97 Å². The fourth-order valence-electron chi connectivity index (χ4n) is 2.73. The summed E-state index contributed by atoms with van der Waals surface area (Å²) >= 11 is 9.74. The number of hydrogen-bond acceptors (Lipinski definition) is 2. The van der Waals surface area contributed by atoms with Gasteiger partial charge in [0.15, 0.2) is 5.82 Å². The van der Waals surface area contributed by atoms with E-state index in [1.165, 1.54) is 31.2 Å². The van der Waals surface area contributed by atoms with Gasteiger partial charge >= 0.3 is 0 Å². The van der Waals surface area contributed by atoms with Gasteiger partial charge < -0.3 is 0 Å². The molecule has 0 N–H and O–H groups in total. The second kappa shape index (κ2) is 5.82. The summed E-state index contributed by atoms with van der Waals surface area (Å²) in [4.78, 5) is 9.12. The first-order valence-corrected chi connectivity index (χ1v) is 8.11. The van der Waals surface area contributed by atoms with Crippen LogP contribution in [0, 0.1) is 6.92 Å². The number of aryl methyl sites for hydroxylation is 1. The fraction of sp³-hybridized carbons (Fsp3) is 0.375. The van der Waals surface area contributed by atoms with Crippen LogP contribution < -0.4 is 0 Å². The first-order chi connectivity index (χ1) is 9.63. The molecule has 2 aromatic rings. The molecule has 0 aliphatic heterocycles. The van der Waals surface area contributed by atoms with E-state index in [0.717, 1.165) is 21.6 Å². The first-order valence-electron chi connectivity index (χ1n) is 6.94. The van der Waals surface area contributed by atoms with Gasteiger partial charge in [0, 0.05) is 21.6 Å². The quantitative estimate of drug-likeness (QED) is 0.665. The van der Waals surface area contributed by atoms with Crippen LogP contribution in [0.15, 0.2) is 28.7 Å². The van der Waals surface area contributed by atoms with Crippen LogP contribution >= 0.6 is 27.5 Å². The average molecular weight is 352 g/mol. The largest absolute Gasteiger partial charge is 0.233 e. The van der Waals surface area contributed by atoms with E-state index in [-0.39, 0.29) is 0 Å². The molecule has 20 heavy (non-hydrogen) atoms. The van der Waals surface area contributed by atoms with Crippen LogP contribution in [-0.4, -0.2) is 9.97 Å². The van der Waals surface area contributed by atoms with Crippen molar-refractivity contribution in [3.63, 3.8) is 0 Å². The third-order valence-corrected chi connectivity index (χ3v) is 4.97. The Hall–Kier alpha value is -0.930. The number of hydrogen-bond donors (Lipinski definition) is 0. The predicted octanol–water partition coefficient (Wildman–Crippen LogP) is 5.53. The molecule has 1 heterocycles. The number of aromatic nitrogens is 2. The van der Waals surface area contributed by atoms with Gasteiger partial charge in [-0.15, -0.1) is 0 Å². The van der Waals surface area contributed by atoms with Crippen molar-refractivity contribution in [2.45, 2.75) is 38.5 Å². The zero-order valence-electron chi connectivity index (χ0n) is 11.4. The molecule has 0 unspecified atom stereocenters. The van der Waals surface area contributed by atoms with Gasteiger partial charge in [0.05, 0.1) is 0 Å². The van der Waals surface area contributed by atoms with Crippen LogP contribution in [0.1, 0.15) is 42.9 Å². The number of nitrogens with zero attached hydrogens (tertiary/aromatic N) is 2. The number of benzene rings is 1. The third kappa shape index (κ3) is 2.89. The van der Waals surface area contributed by atoms with Crippen molar-refractivity contribution in [1.82, 2.24) is 9.97 Å². The molecule has 0 radical (unpaired) electrons. The standard InChI is InChI=1S/C16H16BrClN2/c1-10-6-7-12(8-13(10)17)16-19-14(9-15(18)20-16)11-4-2-3-5-11/h6-9,11H,2-5H2,1H3. The van der Waals surface area contributed by atoms with Gasteiger partial charge in [-0.05, 0) is 37.5 Å². The van der Waals surface area contributed by atoms with E-state index in [1.807, 2.05) is 12.1 Å². The highest BCUT2D eigenvalue weighted by molar-refractivity contribution is 9.10. The van der Waals surface area contributed by atoms with Crippen LogP contribution in [-0.2, 0) is 0 Å². The highest BCUT2D eigenvalue weighted by atomic mass is 79.9. The van der Waals surface area contributed by atoms with E-state index >= 15 is 0 Å².